The topological polar surface area (TPSA) is 12.5 Å². The van der Waals surface area contributed by atoms with Crippen LogP contribution in [0.1, 0.15) is 0 Å². The van der Waals surface area contributed by atoms with E-state index in [0.29, 0.717) is 25.2 Å². The van der Waals surface area contributed by atoms with Crippen LogP contribution in [-0.4, -0.2) is 31.2 Å². The number of nitrogens with zero attached hydrogens (tertiary/aromatic N) is 1. The molecule has 0 bridgehead atoms. The first-order chi connectivity index (χ1) is 5.38. The highest BCUT2D eigenvalue weighted by Crippen LogP contribution is 2.08. The van der Waals surface area contributed by atoms with Gasteiger partial charge < -0.3 is 9.64 Å². The highest BCUT2D eigenvalue weighted by atomic mass is 19.1. The van der Waals surface area contributed by atoms with Crippen LogP contribution in [0.2, 0.25) is 0 Å². The van der Waals surface area contributed by atoms with E-state index in [0.717, 1.165) is 13.1 Å². The van der Waals surface area contributed by atoms with Crippen LogP contribution in [0.25, 0.3) is 0 Å². The van der Waals surface area contributed by atoms with E-state index < -0.39 is 0 Å². The second kappa shape index (κ2) is 4.13. The van der Waals surface area contributed by atoms with Crippen LogP contribution in [-0.2, 0) is 4.74 Å². The molecule has 0 atom stereocenters. The van der Waals surface area contributed by atoms with Gasteiger partial charge in [0.2, 0.25) is 0 Å². The van der Waals surface area contributed by atoms with Gasteiger partial charge in [-0.1, -0.05) is 6.58 Å². The molecule has 0 aliphatic carbocycles. The quantitative estimate of drug-likeness (QED) is 0.560. The molecule has 0 unspecified atom stereocenters. The number of allylic oxidation sites excluding steroid dienone is 1. The van der Waals surface area contributed by atoms with Crippen molar-refractivity contribution in [3.05, 3.63) is 24.7 Å². The molecule has 1 saturated heterocycles. The molecular formula is C8H12FNO. The summed E-state index contributed by atoms with van der Waals surface area (Å²) in [5.74, 6) is 0. The average Bonchev–Trinajstić information content (AvgIpc) is 2.09. The number of morpholine rings is 1. The lowest BCUT2D eigenvalue weighted by atomic mass is 10.3. The zero-order chi connectivity index (χ0) is 8.10. The number of hydrogen-bond donors (Lipinski definition) is 0. The molecule has 0 aromatic carbocycles. The van der Waals surface area contributed by atoms with Gasteiger partial charge in [0.05, 0.1) is 18.9 Å². The van der Waals surface area contributed by atoms with Gasteiger partial charge in [-0.25, -0.2) is 4.39 Å². The van der Waals surface area contributed by atoms with Gasteiger partial charge in [-0.2, -0.15) is 0 Å². The van der Waals surface area contributed by atoms with Gasteiger partial charge in [0.15, 0.2) is 0 Å². The van der Waals surface area contributed by atoms with Gasteiger partial charge in [-0.15, -0.1) is 0 Å². The number of halogens is 1. The number of rotatable bonds is 2. The molecule has 0 amide bonds. The second-order valence-corrected chi connectivity index (χ2v) is 2.34. The Morgan fingerprint density at radius 2 is 2.09 bits per heavy atom. The van der Waals surface area contributed by atoms with E-state index in [1.54, 1.807) is 0 Å². The van der Waals surface area contributed by atoms with Gasteiger partial charge >= 0.3 is 0 Å². The third-order valence-electron chi connectivity index (χ3n) is 1.70. The van der Waals surface area contributed by atoms with Crippen molar-refractivity contribution in [2.75, 3.05) is 26.3 Å². The van der Waals surface area contributed by atoms with Crippen LogP contribution < -0.4 is 0 Å². The minimum Gasteiger partial charge on any atom is -0.378 e. The Morgan fingerprint density at radius 1 is 1.45 bits per heavy atom. The maximum absolute atomic E-state index is 12.1. The van der Waals surface area contributed by atoms with Crippen molar-refractivity contribution in [1.82, 2.24) is 4.90 Å². The smallest absolute Gasteiger partial charge is 0.110 e. The third kappa shape index (κ3) is 2.05. The molecule has 0 aromatic rings. The van der Waals surface area contributed by atoms with Crippen molar-refractivity contribution in [2.45, 2.75) is 0 Å². The Morgan fingerprint density at radius 3 is 2.55 bits per heavy atom. The SMILES string of the molecule is C=C/C(=C/F)N1CCOCC1. The standard InChI is InChI=1S/C8H12FNO/c1-2-8(7-9)10-3-5-11-6-4-10/h2,7H,1,3-6H2/b8-7-. The highest BCUT2D eigenvalue weighted by Gasteiger charge is 2.10. The fourth-order valence-electron chi connectivity index (χ4n) is 1.06. The lowest BCUT2D eigenvalue weighted by molar-refractivity contribution is 0.0548. The third-order valence-corrected chi connectivity index (χ3v) is 1.70. The van der Waals surface area contributed by atoms with Gasteiger partial charge in [0, 0.05) is 13.1 Å². The zero-order valence-corrected chi connectivity index (χ0v) is 6.42. The Kier molecular flexibility index (Phi) is 3.11. The lowest BCUT2D eigenvalue weighted by Gasteiger charge is -2.28. The molecule has 1 aliphatic rings. The molecule has 0 saturated carbocycles. The molecular weight excluding hydrogens is 145 g/mol. The van der Waals surface area contributed by atoms with E-state index in [1.165, 1.54) is 6.08 Å². The number of hydrogen-bond acceptors (Lipinski definition) is 2. The molecule has 0 aromatic heterocycles. The summed E-state index contributed by atoms with van der Waals surface area (Å²) < 4.78 is 17.2. The van der Waals surface area contributed by atoms with E-state index in [9.17, 15) is 4.39 Å². The molecule has 1 aliphatic heterocycles. The summed E-state index contributed by atoms with van der Waals surface area (Å²) in [4.78, 5) is 1.91. The first-order valence-corrected chi connectivity index (χ1v) is 3.64. The fraction of sp³-hybridized carbons (Fsp3) is 0.500. The van der Waals surface area contributed by atoms with Crippen LogP contribution in [0.15, 0.2) is 24.7 Å². The van der Waals surface area contributed by atoms with Crippen molar-refractivity contribution in [2.24, 2.45) is 0 Å². The van der Waals surface area contributed by atoms with Gasteiger partial charge in [0.1, 0.15) is 6.33 Å². The Hall–Kier alpha value is -0.830. The van der Waals surface area contributed by atoms with E-state index in [-0.39, 0.29) is 0 Å². The van der Waals surface area contributed by atoms with Crippen molar-refractivity contribution in [3.8, 4) is 0 Å². The van der Waals surface area contributed by atoms with Crippen LogP contribution in [0.5, 0.6) is 0 Å². The molecule has 62 valence electrons. The van der Waals surface area contributed by atoms with Crippen LogP contribution in [0, 0.1) is 0 Å². The summed E-state index contributed by atoms with van der Waals surface area (Å²) >= 11 is 0. The predicted octanol–water partition coefficient (Wildman–Crippen LogP) is 1.32. The molecule has 1 heterocycles. The molecule has 0 N–H and O–H groups in total. The molecule has 1 fully saturated rings. The minimum atomic E-state index is 0.549. The summed E-state index contributed by atoms with van der Waals surface area (Å²) in [5, 5.41) is 0. The lowest BCUT2D eigenvalue weighted by Crippen LogP contribution is -2.34. The molecule has 0 spiro atoms. The predicted molar refractivity (Wildman–Crippen MR) is 41.8 cm³/mol. The zero-order valence-electron chi connectivity index (χ0n) is 6.42. The van der Waals surface area contributed by atoms with Crippen LogP contribution >= 0.6 is 0 Å². The first kappa shape index (κ1) is 8.27. The summed E-state index contributed by atoms with van der Waals surface area (Å²) in [6, 6.07) is 0. The molecule has 1 rings (SSSR count). The summed E-state index contributed by atoms with van der Waals surface area (Å²) in [5.41, 5.74) is 0.549. The molecule has 3 heteroatoms. The average molecular weight is 157 g/mol. The number of ether oxygens (including phenoxy) is 1. The normalized spacial score (nSPS) is 20.1. The van der Waals surface area contributed by atoms with Crippen molar-refractivity contribution < 1.29 is 9.13 Å². The Bertz CT molecular complexity index is 161. The van der Waals surface area contributed by atoms with Gasteiger partial charge in [-0.05, 0) is 6.08 Å². The van der Waals surface area contributed by atoms with Gasteiger partial charge in [-0.3, -0.25) is 0 Å². The summed E-state index contributed by atoms with van der Waals surface area (Å²) in [7, 11) is 0. The fourth-order valence-corrected chi connectivity index (χ4v) is 1.06. The Labute approximate surface area is 65.9 Å². The maximum atomic E-state index is 12.1. The second-order valence-electron chi connectivity index (χ2n) is 2.34. The summed E-state index contributed by atoms with van der Waals surface area (Å²) in [6.07, 6.45) is 2.10. The van der Waals surface area contributed by atoms with Crippen molar-refractivity contribution >= 4 is 0 Å². The van der Waals surface area contributed by atoms with E-state index in [2.05, 4.69) is 6.58 Å². The molecule has 0 radical (unpaired) electrons. The van der Waals surface area contributed by atoms with Gasteiger partial charge in [0.25, 0.3) is 0 Å². The van der Waals surface area contributed by atoms with Crippen LogP contribution in [0.4, 0.5) is 4.39 Å². The van der Waals surface area contributed by atoms with E-state index >= 15 is 0 Å². The van der Waals surface area contributed by atoms with E-state index in [1.807, 2.05) is 4.90 Å². The van der Waals surface area contributed by atoms with E-state index in [4.69, 9.17) is 4.74 Å². The monoisotopic (exact) mass is 157 g/mol. The summed E-state index contributed by atoms with van der Waals surface area (Å²) in [6.45, 7) is 6.36. The largest absolute Gasteiger partial charge is 0.378 e. The van der Waals surface area contributed by atoms with Crippen molar-refractivity contribution in [1.29, 1.82) is 0 Å². The maximum Gasteiger partial charge on any atom is 0.110 e. The van der Waals surface area contributed by atoms with Crippen LogP contribution in [0.3, 0.4) is 0 Å². The molecule has 11 heavy (non-hydrogen) atoms. The Balaban J connectivity index is 2.49. The van der Waals surface area contributed by atoms with Crippen molar-refractivity contribution in [3.63, 3.8) is 0 Å². The minimum absolute atomic E-state index is 0.549. The molecule has 2 nitrogen and oxygen atoms in total. The first-order valence-electron chi connectivity index (χ1n) is 3.64. The highest BCUT2D eigenvalue weighted by molar-refractivity contribution is 5.12.